The third-order valence-corrected chi connectivity index (χ3v) is 4.47. The first-order valence-corrected chi connectivity index (χ1v) is 9.17. The van der Waals surface area contributed by atoms with Crippen molar-refractivity contribution in [1.29, 1.82) is 0 Å². The summed E-state index contributed by atoms with van der Waals surface area (Å²) in [7, 11) is 3.11. The van der Waals surface area contributed by atoms with Crippen LogP contribution in [0.4, 0.5) is 0 Å². The number of allylic oxidation sites excluding steroid dienone is 1. The lowest BCUT2D eigenvalue weighted by Crippen LogP contribution is -2.25. The van der Waals surface area contributed by atoms with Crippen molar-refractivity contribution in [3.05, 3.63) is 52.8 Å². The predicted molar refractivity (Wildman–Crippen MR) is 109 cm³/mol. The van der Waals surface area contributed by atoms with Crippen molar-refractivity contribution in [2.75, 3.05) is 14.2 Å². The van der Waals surface area contributed by atoms with Gasteiger partial charge >= 0.3 is 5.97 Å². The largest absolute Gasteiger partial charge is 0.493 e. The molecule has 0 amide bonds. The number of aryl methyl sites for hydroxylation is 1. The number of methoxy groups -OCH3 is 2. The number of rotatable bonds is 4. The molecular weight excluding hydrogens is 372 g/mol. The minimum atomic E-state index is -0.637. The summed E-state index contributed by atoms with van der Waals surface area (Å²) in [6, 6.07) is 8.56. The molecule has 0 N–H and O–H groups in total. The number of hydrogen-bond acceptors (Lipinski definition) is 6. The van der Waals surface area contributed by atoms with Crippen molar-refractivity contribution in [3.63, 3.8) is 0 Å². The topological polar surface area (TPSA) is 71.1 Å². The highest BCUT2D eigenvalue weighted by atomic mass is 16.5. The van der Waals surface area contributed by atoms with Gasteiger partial charge in [0.1, 0.15) is 11.5 Å². The van der Waals surface area contributed by atoms with Gasteiger partial charge in [-0.25, -0.2) is 0 Å². The molecule has 152 valence electrons. The predicted octanol–water partition coefficient (Wildman–Crippen LogP) is 4.58. The Morgan fingerprint density at radius 1 is 1.03 bits per heavy atom. The van der Waals surface area contributed by atoms with Crippen molar-refractivity contribution < 1.29 is 28.5 Å². The Balaban J connectivity index is 1.92. The molecule has 0 saturated carbocycles. The monoisotopic (exact) mass is 396 g/mol. The molecule has 1 aliphatic rings. The van der Waals surface area contributed by atoms with Gasteiger partial charge < -0.3 is 18.9 Å². The third-order valence-electron chi connectivity index (χ3n) is 4.47. The summed E-state index contributed by atoms with van der Waals surface area (Å²) in [5.74, 6) is 1.48. The molecule has 0 radical (unpaired) electrons. The molecule has 2 aromatic carbocycles. The van der Waals surface area contributed by atoms with Gasteiger partial charge in [-0.1, -0.05) is 6.07 Å². The maximum atomic E-state index is 12.8. The number of carbonyl (C=O) groups is 2. The zero-order chi connectivity index (χ0) is 21.3. The molecule has 0 bridgehead atoms. The minimum absolute atomic E-state index is 0.189. The van der Waals surface area contributed by atoms with Gasteiger partial charge in [-0.15, -0.1) is 0 Å². The molecule has 0 unspecified atom stereocenters. The van der Waals surface area contributed by atoms with Crippen LogP contribution in [0.5, 0.6) is 23.0 Å². The quantitative estimate of drug-likeness (QED) is 0.428. The Morgan fingerprint density at radius 2 is 1.72 bits per heavy atom. The van der Waals surface area contributed by atoms with Gasteiger partial charge in [-0.2, -0.15) is 0 Å². The number of benzene rings is 2. The molecule has 1 heterocycles. The van der Waals surface area contributed by atoms with Crippen LogP contribution in [0.25, 0.3) is 6.08 Å². The van der Waals surface area contributed by atoms with Crippen molar-refractivity contribution in [2.45, 2.75) is 27.7 Å². The molecule has 1 aliphatic heterocycles. The number of Topliss-reactive ketones (excluding diaryl/α,β-unsaturated/α-hetero) is 1. The van der Waals surface area contributed by atoms with E-state index in [4.69, 9.17) is 18.9 Å². The summed E-state index contributed by atoms with van der Waals surface area (Å²) in [6.45, 7) is 7.12. The molecule has 6 heteroatoms. The molecule has 0 aliphatic carbocycles. The fourth-order valence-corrected chi connectivity index (χ4v) is 2.89. The van der Waals surface area contributed by atoms with Crippen LogP contribution < -0.4 is 18.9 Å². The molecule has 2 aromatic rings. The summed E-state index contributed by atoms with van der Waals surface area (Å²) in [5.41, 5.74) is 1.24. The Bertz CT molecular complexity index is 1010. The molecule has 29 heavy (non-hydrogen) atoms. The van der Waals surface area contributed by atoms with Gasteiger partial charge in [0, 0.05) is 6.07 Å². The van der Waals surface area contributed by atoms with E-state index in [9.17, 15) is 9.59 Å². The van der Waals surface area contributed by atoms with E-state index in [2.05, 4.69) is 0 Å². The summed E-state index contributed by atoms with van der Waals surface area (Å²) >= 11 is 0. The summed E-state index contributed by atoms with van der Waals surface area (Å²) in [6.07, 6.45) is 1.64. The van der Waals surface area contributed by atoms with E-state index in [-0.39, 0.29) is 17.5 Å². The Morgan fingerprint density at radius 3 is 2.34 bits per heavy atom. The molecule has 0 fully saturated rings. The average molecular weight is 396 g/mol. The lowest BCUT2D eigenvalue weighted by atomic mass is 9.97. The standard InChI is InChI=1S/C23H24O6/c1-13-9-15(28-22(25)23(2,3)4)12-18-20(13)21(24)19(29-18)11-14-7-8-16(26-5)17(10-14)27-6/h7-12H,1-6H3/b19-11-. The smallest absolute Gasteiger partial charge is 0.316 e. The fraction of sp³-hybridized carbons (Fsp3) is 0.304. The van der Waals surface area contributed by atoms with Crippen molar-refractivity contribution in [2.24, 2.45) is 5.41 Å². The Hall–Kier alpha value is -3.28. The molecular formula is C23H24O6. The Kier molecular flexibility index (Phi) is 5.38. The number of esters is 1. The zero-order valence-corrected chi connectivity index (χ0v) is 17.4. The van der Waals surface area contributed by atoms with E-state index < -0.39 is 5.41 Å². The first-order valence-electron chi connectivity index (χ1n) is 9.17. The fourth-order valence-electron chi connectivity index (χ4n) is 2.89. The van der Waals surface area contributed by atoms with E-state index in [0.717, 1.165) is 5.56 Å². The lowest BCUT2D eigenvalue weighted by Gasteiger charge is -2.16. The van der Waals surface area contributed by atoms with E-state index in [1.165, 1.54) is 0 Å². The second-order valence-electron chi connectivity index (χ2n) is 7.81. The van der Waals surface area contributed by atoms with Crippen LogP contribution >= 0.6 is 0 Å². The average Bonchev–Trinajstić information content (AvgIpc) is 2.96. The number of ketones is 1. The SMILES string of the molecule is COc1ccc(/C=C2\Oc3cc(OC(=O)C(C)(C)C)cc(C)c3C2=O)cc1OC. The summed E-state index contributed by atoms with van der Waals surface area (Å²) < 4.78 is 21.8. The number of hydrogen-bond donors (Lipinski definition) is 0. The summed E-state index contributed by atoms with van der Waals surface area (Å²) in [4.78, 5) is 25.0. The van der Waals surface area contributed by atoms with Gasteiger partial charge in [0.25, 0.3) is 0 Å². The normalized spacial score (nSPS) is 14.4. The zero-order valence-electron chi connectivity index (χ0n) is 17.4. The molecule has 3 rings (SSSR count). The van der Waals surface area contributed by atoms with Crippen molar-refractivity contribution in [1.82, 2.24) is 0 Å². The maximum Gasteiger partial charge on any atom is 0.316 e. The van der Waals surface area contributed by atoms with Crippen LogP contribution in [0.1, 0.15) is 42.3 Å². The van der Waals surface area contributed by atoms with Crippen LogP contribution in [0.3, 0.4) is 0 Å². The number of ether oxygens (including phenoxy) is 4. The lowest BCUT2D eigenvalue weighted by molar-refractivity contribution is -0.143. The van der Waals surface area contributed by atoms with Gasteiger partial charge in [-0.05, 0) is 63.1 Å². The van der Waals surface area contributed by atoms with Crippen molar-refractivity contribution >= 4 is 17.8 Å². The van der Waals surface area contributed by atoms with Gasteiger partial charge in [-0.3, -0.25) is 9.59 Å². The number of fused-ring (bicyclic) bond motifs is 1. The first kappa shape index (κ1) is 20.5. The Labute approximate surface area is 170 Å². The third kappa shape index (κ3) is 4.11. The van der Waals surface area contributed by atoms with Gasteiger partial charge in [0.05, 0.1) is 25.2 Å². The van der Waals surface area contributed by atoms with Crippen LogP contribution in [0.15, 0.2) is 36.1 Å². The van der Waals surface area contributed by atoms with E-state index in [1.807, 2.05) is 0 Å². The highest BCUT2D eigenvalue weighted by molar-refractivity contribution is 6.15. The second-order valence-corrected chi connectivity index (χ2v) is 7.81. The molecule has 0 aromatic heterocycles. The molecule has 0 saturated heterocycles. The van der Waals surface area contributed by atoms with Gasteiger partial charge in [0.2, 0.25) is 5.78 Å². The molecule has 6 nitrogen and oxygen atoms in total. The van der Waals surface area contributed by atoms with Crippen LogP contribution in [-0.2, 0) is 4.79 Å². The van der Waals surface area contributed by atoms with Crippen molar-refractivity contribution in [3.8, 4) is 23.0 Å². The maximum absolute atomic E-state index is 12.8. The molecule has 0 atom stereocenters. The van der Waals surface area contributed by atoms with Crippen LogP contribution in [0, 0.1) is 12.3 Å². The number of carbonyl (C=O) groups excluding carboxylic acids is 2. The second kappa shape index (κ2) is 7.62. The van der Waals surface area contributed by atoms with Crippen LogP contribution in [0.2, 0.25) is 0 Å². The van der Waals surface area contributed by atoms with Gasteiger partial charge in [0.15, 0.2) is 17.3 Å². The van der Waals surface area contributed by atoms with Crippen LogP contribution in [-0.4, -0.2) is 26.0 Å². The van der Waals surface area contributed by atoms with E-state index in [0.29, 0.717) is 34.1 Å². The highest BCUT2D eigenvalue weighted by Crippen LogP contribution is 2.38. The first-order chi connectivity index (χ1) is 13.6. The van der Waals surface area contributed by atoms with E-state index in [1.54, 1.807) is 78.3 Å². The van der Waals surface area contributed by atoms with E-state index >= 15 is 0 Å². The molecule has 0 spiro atoms. The summed E-state index contributed by atoms with van der Waals surface area (Å²) in [5, 5.41) is 0. The minimum Gasteiger partial charge on any atom is -0.493 e. The highest BCUT2D eigenvalue weighted by Gasteiger charge is 2.31.